The summed E-state index contributed by atoms with van der Waals surface area (Å²) in [6.07, 6.45) is -0.592. The number of aliphatic imine (C=N–C) groups is 1. The number of nitrogens with zero attached hydrogens (tertiary/aromatic N) is 2. The van der Waals surface area contributed by atoms with Crippen LogP contribution in [0, 0.1) is 0 Å². The van der Waals surface area contributed by atoms with Crippen LogP contribution in [-0.4, -0.2) is 49.3 Å². The highest BCUT2D eigenvalue weighted by molar-refractivity contribution is 14.0. The van der Waals surface area contributed by atoms with Crippen molar-refractivity contribution in [2.45, 2.75) is 19.3 Å². The van der Waals surface area contributed by atoms with Crippen LogP contribution in [0.5, 0.6) is 0 Å². The molecular formula is C20H28IN3O2. The highest BCUT2D eigenvalue weighted by Crippen LogP contribution is 2.02. The average Bonchev–Trinajstić information content (AvgIpc) is 2.63. The molecule has 0 aliphatic carbocycles. The van der Waals surface area contributed by atoms with E-state index in [-0.39, 0.29) is 30.6 Å². The molecule has 26 heavy (non-hydrogen) atoms. The molecule has 0 radical (unpaired) electrons. The molecule has 0 aliphatic rings. The average molecular weight is 469 g/mol. The van der Waals surface area contributed by atoms with Crippen LogP contribution in [0.15, 0.2) is 65.7 Å². The Kier molecular flexibility index (Phi) is 10.9. The Bertz CT molecular complexity index is 636. The van der Waals surface area contributed by atoms with Gasteiger partial charge in [0.1, 0.15) is 0 Å². The molecule has 0 spiro atoms. The standard InChI is InChI=1S/C20H27N3O2.HI/c1-23(2)20(21-13-17-9-5-3-6-10-17)22-14-19(24)16-25-15-18-11-7-4-8-12-18;/h3-12,19,24H,13-16H2,1-2H3,(H,21,22);1H. The Morgan fingerprint density at radius 3 is 2.19 bits per heavy atom. The van der Waals surface area contributed by atoms with Gasteiger partial charge in [0.05, 0.1) is 25.9 Å². The first kappa shape index (κ1) is 22.4. The maximum Gasteiger partial charge on any atom is 0.193 e. The molecule has 2 N–H and O–H groups in total. The third-order valence-electron chi connectivity index (χ3n) is 3.60. The van der Waals surface area contributed by atoms with E-state index in [1.54, 1.807) is 0 Å². The monoisotopic (exact) mass is 469 g/mol. The quantitative estimate of drug-likeness (QED) is 0.355. The van der Waals surface area contributed by atoms with Gasteiger partial charge in [0.2, 0.25) is 0 Å². The number of guanidine groups is 1. The second-order valence-electron chi connectivity index (χ2n) is 6.06. The number of halogens is 1. The Morgan fingerprint density at radius 2 is 1.62 bits per heavy atom. The van der Waals surface area contributed by atoms with Crippen LogP contribution in [0.3, 0.4) is 0 Å². The van der Waals surface area contributed by atoms with E-state index in [9.17, 15) is 5.11 Å². The van der Waals surface area contributed by atoms with Crippen molar-refractivity contribution in [3.8, 4) is 0 Å². The minimum absolute atomic E-state index is 0. The summed E-state index contributed by atoms with van der Waals surface area (Å²) >= 11 is 0. The van der Waals surface area contributed by atoms with Gasteiger partial charge >= 0.3 is 0 Å². The first-order valence-electron chi connectivity index (χ1n) is 8.44. The summed E-state index contributed by atoms with van der Waals surface area (Å²) in [5, 5.41) is 13.3. The van der Waals surface area contributed by atoms with Crippen molar-refractivity contribution in [2.24, 2.45) is 4.99 Å². The molecule has 0 amide bonds. The molecule has 5 nitrogen and oxygen atoms in total. The highest BCUT2D eigenvalue weighted by atomic mass is 127. The minimum Gasteiger partial charge on any atom is -0.389 e. The van der Waals surface area contributed by atoms with Crippen LogP contribution in [0.1, 0.15) is 11.1 Å². The first-order valence-corrected chi connectivity index (χ1v) is 8.44. The van der Waals surface area contributed by atoms with Gasteiger partial charge in [-0.2, -0.15) is 0 Å². The lowest BCUT2D eigenvalue weighted by molar-refractivity contribution is 0.0306. The van der Waals surface area contributed by atoms with Gasteiger partial charge in [0, 0.05) is 20.6 Å². The van der Waals surface area contributed by atoms with E-state index in [4.69, 9.17) is 4.74 Å². The molecule has 0 heterocycles. The van der Waals surface area contributed by atoms with Gasteiger partial charge in [-0.05, 0) is 11.1 Å². The summed E-state index contributed by atoms with van der Waals surface area (Å²) in [6, 6.07) is 20.0. The minimum atomic E-state index is -0.592. The van der Waals surface area contributed by atoms with E-state index < -0.39 is 6.10 Å². The zero-order chi connectivity index (χ0) is 17.9. The number of rotatable bonds is 8. The fourth-order valence-corrected chi connectivity index (χ4v) is 2.26. The maximum absolute atomic E-state index is 10.1. The molecule has 2 aromatic carbocycles. The summed E-state index contributed by atoms with van der Waals surface area (Å²) in [4.78, 5) is 6.48. The Labute approximate surface area is 173 Å². The molecule has 142 valence electrons. The number of aliphatic hydroxyl groups excluding tert-OH is 1. The van der Waals surface area contributed by atoms with E-state index in [1.807, 2.05) is 79.7 Å². The van der Waals surface area contributed by atoms with E-state index in [0.717, 1.165) is 17.1 Å². The summed E-state index contributed by atoms with van der Waals surface area (Å²) < 4.78 is 5.56. The van der Waals surface area contributed by atoms with Gasteiger partial charge in [-0.15, -0.1) is 24.0 Å². The van der Waals surface area contributed by atoms with E-state index in [1.165, 1.54) is 0 Å². The van der Waals surface area contributed by atoms with Crippen molar-refractivity contribution >= 4 is 29.9 Å². The van der Waals surface area contributed by atoms with Gasteiger partial charge in [-0.3, -0.25) is 0 Å². The SMILES string of the molecule is CN(C)C(=NCc1ccccc1)NCC(O)COCc1ccccc1.I. The van der Waals surface area contributed by atoms with Crippen molar-refractivity contribution < 1.29 is 9.84 Å². The molecule has 0 aliphatic heterocycles. The van der Waals surface area contributed by atoms with Crippen LogP contribution in [-0.2, 0) is 17.9 Å². The largest absolute Gasteiger partial charge is 0.389 e. The van der Waals surface area contributed by atoms with Crippen LogP contribution < -0.4 is 5.32 Å². The molecule has 1 atom stereocenters. The predicted octanol–water partition coefficient (Wildman–Crippen LogP) is 2.89. The molecule has 1 unspecified atom stereocenters. The number of aliphatic hydroxyl groups is 1. The van der Waals surface area contributed by atoms with Gasteiger partial charge in [0.25, 0.3) is 0 Å². The molecule has 6 heteroatoms. The number of benzene rings is 2. The maximum atomic E-state index is 10.1. The Balaban J connectivity index is 0.00000338. The summed E-state index contributed by atoms with van der Waals surface area (Å²) in [6.45, 7) is 1.77. The van der Waals surface area contributed by atoms with Crippen LogP contribution in [0.4, 0.5) is 0 Å². The third kappa shape index (κ3) is 8.64. The fraction of sp³-hybridized carbons (Fsp3) is 0.350. The third-order valence-corrected chi connectivity index (χ3v) is 3.60. The van der Waals surface area contributed by atoms with Gasteiger partial charge < -0.3 is 20.1 Å². The molecule has 0 bridgehead atoms. The van der Waals surface area contributed by atoms with E-state index >= 15 is 0 Å². The van der Waals surface area contributed by atoms with Crippen LogP contribution in [0.2, 0.25) is 0 Å². The van der Waals surface area contributed by atoms with Crippen LogP contribution >= 0.6 is 24.0 Å². The molecule has 0 saturated carbocycles. The smallest absolute Gasteiger partial charge is 0.193 e. The predicted molar refractivity (Wildman–Crippen MR) is 117 cm³/mol. The number of hydrogen-bond acceptors (Lipinski definition) is 3. The Hall–Kier alpha value is -1.64. The summed E-state index contributed by atoms with van der Waals surface area (Å²) in [5.41, 5.74) is 2.25. The second-order valence-corrected chi connectivity index (χ2v) is 6.06. The molecular weight excluding hydrogens is 441 g/mol. The van der Waals surface area contributed by atoms with Crippen molar-refractivity contribution in [2.75, 3.05) is 27.2 Å². The molecule has 2 aromatic rings. The molecule has 0 aromatic heterocycles. The van der Waals surface area contributed by atoms with Gasteiger partial charge in [0.15, 0.2) is 5.96 Å². The number of hydrogen-bond donors (Lipinski definition) is 2. The lowest BCUT2D eigenvalue weighted by Gasteiger charge is -2.20. The topological polar surface area (TPSA) is 57.1 Å². The number of nitrogens with one attached hydrogen (secondary N) is 1. The Morgan fingerprint density at radius 1 is 1.04 bits per heavy atom. The van der Waals surface area contributed by atoms with E-state index in [2.05, 4.69) is 10.3 Å². The number of ether oxygens (including phenoxy) is 1. The zero-order valence-electron chi connectivity index (χ0n) is 15.3. The van der Waals surface area contributed by atoms with Crippen molar-refractivity contribution in [3.05, 3.63) is 71.8 Å². The van der Waals surface area contributed by atoms with Gasteiger partial charge in [-0.25, -0.2) is 4.99 Å². The molecule has 0 fully saturated rings. The van der Waals surface area contributed by atoms with Crippen LogP contribution in [0.25, 0.3) is 0 Å². The lowest BCUT2D eigenvalue weighted by Crippen LogP contribution is -2.41. The lowest BCUT2D eigenvalue weighted by atomic mass is 10.2. The fourth-order valence-electron chi connectivity index (χ4n) is 2.26. The van der Waals surface area contributed by atoms with Crippen molar-refractivity contribution in [1.82, 2.24) is 10.2 Å². The summed E-state index contributed by atoms with van der Waals surface area (Å²) in [7, 11) is 3.85. The van der Waals surface area contributed by atoms with E-state index in [0.29, 0.717) is 19.7 Å². The molecule has 0 saturated heterocycles. The highest BCUT2D eigenvalue weighted by Gasteiger charge is 2.08. The summed E-state index contributed by atoms with van der Waals surface area (Å²) in [5.74, 6) is 0.742. The zero-order valence-corrected chi connectivity index (χ0v) is 17.7. The second kappa shape index (κ2) is 12.7. The van der Waals surface area contributed by atoms with Gasteiger partial charge in [-0.1, -0.05) is 60.7 Å². The molecule has 2 rings (SSSR count). The first-order chi connectivity index (χ1) is 12.1. The van der Waals surface area contributed by atoms with Crippen molar-refractivity contribution in [1.29, 1.82) is 0 Å². The van der Waals surface area contributed by atoms with Crippen molar-refractivity contribution in [3.63, 3.8) is 0 Å². The normalized spacial score (nSPS) is 12.2.